The fourth-order valence-electron chi connectivity index (χ4n) is 4.03. The van der Waals surface area contributed by atoms with Crippen molar-refractivity contribution >= 4 is 35.9 Å². The van der Waals surface area contributed by atoms with Gasteiger partial charge in [-0.05, 0) is 64.0 Å². The van der Waals surface area contributed by atoms with Crippen LogP contribution in [0.1, 0.15) is 57.9 Å². The molecule has 0 unspecified atom stereocenters. The molecule has 0 spiro atoms. The van der Waals surface area contributed by atoms with Crippen molar-refractivity contribution < 1.29 is 13.9 Å². The van der Waals surface area contributed by atoms with Gasteiger partial charge in [-0.15, -0.1) is 24.0 Å². The van der Waals surface area contributed by atoms with Gasteiger partial charge in [-0.25, -0.2) is 4.39 Å². The molecule has 162 valence electrons. The molecule has 5 nitrogen and oxygen atoms in total. The molecule has 1 aromatic rings. The highest BCUT2D eigenvalue weighted by Gasteiger charge is 2.45. The van der Waals surface area contributed by atoms with E-state index in [1.165, 1.54) is 6.07 Å². The summed E-state index contributed by atoms with van der Waals surface area (Å²) in [5.74, 6) is 0.602. The highest BCUT2D eigenvalue weighted by atomic mass is 127. The summed E-state index contributed by atoms with van der Waals surface area (Å²) in [6.45, 7) is 5.69. The third-order valence-corrected chi connectivity index (χ3v) is 5.87. The molecule has 1 aromatic carbocycles. The molecular formula is C22H33FIN3O2. The van der Waals surface area contributed by atoms with E-state index in [0.717, 1.165) is 56.6 Å². The van der Waals surface area contributed by atoms with Gasteiger partial charge in [-0.3, -0.25) is 9.79 Å². The summed E-state index contributed by atoms with van der Waals surface area (Å²) < 4.78 is 19.4. The second kappa shape index (κ2) is 11.1. The van der Waals surface area contributed by atoms with E-state index < -0.39 is 0 Å². The van der Waals surface area contributed by atoms with E-state index in [9.17, 15) is 9.18 Å². The van der Waals surface area contributed by atoms with Crippen molar-refractivity contribution in [2.45, 2.75) is 63.8 Å². The van der Waals surface area contributed by atoms with Gasteiger partial charge in [0.05, 0.1) is 19.1 Å². The SMILES string of the molecule is CCNC(=NCC1(c2ccccc2F)CC1)NC1CCC(C(=O)OCC)CC1.I. The Morgan fingerprint density at radius 2 is 1.90 bits per heavy atom. The van der Waals surface area contributed by atoms with Crippen LogP contribution >= 0.6 is 24.0 Å². The summed E-state index contributed by atoms with van der Waals surface area (Å²) in [6, 6.07) is 7.34. The molecule has 2 aliphatic carbocycles. The Labute approximate surface area is 190 Å². The first-order valence-electron chi connectivity index (χ1n) is 10.5. The third-order valence-electron chi connectivity index (χ3n) is 5.87. The van der Waals surface area contributed by atoms with Crippen molar-refractivity contribution in [1.29, 1.82) is 0 Å². The lowest BCUT2D eigenvalue weighted by Crippen LogP contribution is -2.45. The van der Waals surface area contributed by atoms with E-state index in [2.05, 4.69) is 10.6 Å². The lowest BCUT2D eigenvalue weighted by atomic mass is 9.86. The Morgan fingerprint density at radius 1 is 1.21 bits per heavy atom. The monoisotopic (exact) mass is 517 g/mol. The maximum Gasteiger partial charge on any atom is 0.308 e. The van der Waals surface area contributed by atoms with Gasteiger partial charge in [-0.1, -0.05) is 18.2 Å². The Morgan fingerprint density at radius 3 is 2.48 bits per heavy atom. The van der Waals surface area contributed by atoms with Gasteiger partial charge in [0.25, 0.3) is 0 Å². The first-order chi connectivity index (χ1) is 13.6. The summed E-state index contributed by atoms with van der Waals surface area (Å²) in [6.07, 6.45) is 5.48. The Hall–Kier alpha value is -1.38. The number of rotatable bonds is 7. The number of ether oxygens (including phenoxy) is 1. The van der Waals surface area contributed by atoms with E-state index >= 15 is 0 Å². The second-order valence-electron chi connectivity index (χ2n) is 7.90. The molecule has 0 aliphatic heterocycles. The van der Waals surface area contributed by atoms with Crippen molar-refractivity contribution in [2.24, 2.45) is 10.9 Å². The number of nitrogens with one attached hydrogen (secondary N) is 2. The summed E-state index contributed by atoms with van der Waals surface area (Å²) in [5.41, 5.74) is 0.625. The van der Waals surface area contributed by atoms with Crippen molar-refractivity contribution in [2.75, 3.05) is 19.7 Å². The molecule has 0 aromatic heterocycles. The summed E-state index contributed by atoms with van der Waals surface area (Å²) in [5, 5.41) is 6.81. The van der Waals surface area contributed by atoms with Crippen molar-refractivity contribution in [3.63, 3.8) is 0 Å². The van der Waals surface area contributed by atoms with Crippen LogP contribution in [0.5, 0.6) is 0 Å². The van der Waals surface area contributed by atoms with E-state index in [-0.39, 0.29) is 47.1 Å². The van der Waals surface area contributed by atoms with Crippen LogP contribution in [-0.4, -0.2) is 37.7 Å². The number of hydrogen-bond donors (Lipinski definition) is 2. The zero-order valence-corrected chi connectivity index (χ0v) is 19.7. The van der Waals surface area contributed by atoms with Crippen LogP contribution in [0.3, 0.4) is 0 Å². The molecule has 7 heteroatoms. The van der Waals surface area contributed by atoms with Crippen LogP contribution in [0.4, 0.5) is 4.39 Å². The first-order valence-corrected chi connectivity index (χ1v) is 10.5. The standard InChI is InChI=1S/C22H32FN3O2.HI/c1-3-24-21(26-17-11-9-16(10-12-17)20(27)28-4-2)25-15-22(13-14-22)18-7-5-6-8-19(18)23;/h5-8,16-17H,3-4,9-15H2,1-2H3,(H2,24,25,26);1H. The number of carbonyl (C=O) groups excluding carboxylic acids is 1. The first kappa shape index (κ1) is 23.9. The molecular weight excluding hydrogens is 484 g/mol. The van der Waals surface area contributed by atoms with Crippen LogP contribution in [0.15, 0.2) is 29.3 Å². The number of nitrogens with zero attached hydrogens (tertiary/aromatic N) is 1. The molecule has 2 N–H and O–H groups in total. The maximum absolute atomic E-state index is 14.2. The molecule has 2 aliphatic rings. The van der Waals surface area contributed by atoms with E-state index in [0.29, 0.717) is 19.2 Å². The Bertz CT molecular complexity index is 701. The molecule has 0 amide bonds. The number of aliphatic imine (C=N–C) groups is 1. The van der Waals surface area contributed by atoms with E-state index in [1.54, 1.807) is 6.07 Å². The zero-order chi connectivity index (χ0) is 20.0. The van der Waals surface area contributed by atoms with Gasteiger partial charge in [-0.2, -0.15) is 0 Å². The number of guanidine groups is 1. The minimum atomic E-state index is -0.157. The van der Waals surface area contributed by atoms with Crippen molar-refractivity contribution in [3.8, 4) is 0 Å². The molecule has 0 saturated heterocycles. The predicted octanol–water partition coefficient (Wildman–Crippen LogP) is 4.15. The normalized spacial score (nSPS) is 22.9. The Balaban J connectivity index is 0.00000300. The molecule has 0 bridgehead atoms. The summed E-state index contributed by atoms with van der Waals surface area (Å²) in [4.78, 5) is 16.7. The molecule has 0 atom stereocenters. The van der Waals surface area contributed by atoms with Gasteiger partial charge in [0.1, 0.15) is 5.82 Å². The largest absolute Gasteiger partial charge is 0.466 e. The fraction of sp³-hybridized carbons (Fsp3) is 0.636. The van der Waals surface area contributed by atoms with Gasteiger partial charge >= 0.3 is 5.97 Å². The van der Waals surface area contributed by atoms with Gasteiger partial charge in [0.15, 0.2) is 5.96 Å². The third kappa shape index (κ3) is 6.30. The van der Waals surface area contributed by atoms with Gasteiger partial charge in [0.2, 0.25) is 0 Å². The quantitative estimate of drug-likeness (QED) is 0.247. The fourth-order valence-corrected chi connectivity index (χ4v) is 4.03. The van der Waals surface area contributed by atoms with Gasteiger partial charge in [0, 0.05) is 18.0 Å². The van der Waals surface area contributed by atoms with Crippen LogP contribution < -0.4 is 10.6 Å². The van der Waals surface area contributed by atoms with E-state index in [4.69, 9.17) is 9.73 Å². The Kier molecular flexibility index (Phi) is 9.17. The number of benzene rings is 1. The minimum absolute atomic E-state index is 0. The lowest BCUT2D eigenvalue weighted by Gasteiger charge is -2.29. The molecule has 0 heterocycles. The molecule has 0 radical (unpaired) electrons. The molecule has 3 rings (SSSR count). The van der Waals surface area contributed by atoms with E-state index in [1.807, 2.05) is 26.0 Å². The average Bonchev–Trinajstić information content (AvgIpc) is 3.48. The number of hydrogen-bond acceptors (Lipinski definition) is 3. The van der Waals surface area contributed by atoms with Crippen LogP contribution in [-0.2, 0) is 14.9 Å². The van der Waals surface area contributed by atoms with Crippen LogP contribution in [0.2, 0.25) is 0 Å². The second-order valence-corrected chi connectivity index (χ2v) is 7.90. The maximum atomic E-state index is 14.2. The average molecular weight is 517 g/mol. The summed E-state index contributed by atoms with van der Waals surface area (Å²) >= 11 is 0. The predicted molar refractivity (Wildman–Crippen MR) is 124 cm³/mol. The zero-order valence-electron chi connectivity index (χ0n) is 17.4. The number of esters is 1. The lowest BCUT2D eigenvalue weighted by molar-refractivity contribution is -0.149. The highest BCUT2D eigenvalue weighted by Crippen LogP contribution is 2.49. The number of carbonyl (C=O) groups is 1. The molecule has 2 saturated carbocycles. The highest BCUT2D eigenvalue weighted by molar-refractivity contribution is 14.0. The van der Waals surface area contributed by atoms with Crippen LogP contribution in [0.25, 0.3) is 0 Å². The number of halogens is 2. The van der Waals surface area contributed by atoms with Crippen molar-refractivity contribution in [1.82, 2.24) is 10.6 Å². The smallest absolute Gasteiger partial charge is 0.308 e. The summed E-state index contributed by atoms with van der Waals surface area (Å²) in [7, 11) is 0. The minimum Gasteiger partial charge on any atom is -0.466 e. The van der Waals surface area contributed by atoms with Crippen molar-refractivity contribution in [3.05, 3.63) is 35.6 Å². The topological polar surface area (TPSA) is 62.7 Å². The van der Waals surface area contributed by atoms with Gasteiger partial charge < -0.3 is 15.4 Å². The molecule has 2 fully saturated rings. The molecule has 29 heavy (non-hydrogen) atoms. The van der Waals surface area contributed by atoms with Crippen LogP contribution in [0, 0.1) is 11.7 Å².